The third-order valence-electron chi connectivity index (χ3n) is 4.00. The van der Waals surface area contributed by atoms with Crippen molar-refractivity contribution in [3.05, 3.63) is 82.0 Å². The zero-order valence-corrected chi connectivity index (χ0v) is 15.5. The number of aromatic nitrogens is 2. The van der Waals surface area contributed by atoms with E-state index in [1.165, 1.54) is 12.3 Å². The Morgan fingerprint density at radius 1 is 0.966 bits per heavy atom. The number of nitrogens with one attached hydrogen (secondary N) is 3. The van der Waals surface area contributed by atoms with E-state index in [4.69, 9.17) is 5.26 Å². The van der Waals surface area contributed by atoms with Gasteiger partial charge in [0.15, 0.2) is 0 Å². The van der Waals surface area contributed by atoms with Crippen LogP contribution in [-0.4, -0.2) is 28.0 Å². The van der Waals surface area contributed by atoms with Gasteiger partial charge in [-0.3, -0.25) is 10.1 Å². The molecule has 3 rings (SSSR count). The summed E-state index contributed by atoms with van der Waals surface area (Å²) < 4.78 is 0. The van der Waals surface area contributed by atoms with Gasteiger partial charge in [-0.25, -0.2) is 9.97 Å². The van der Waals surface area contributed by atoms with E-state index in [1.54, 1.807) is 18.2 Å². The van der Waals surface area contributed by atoms with Crippen molar-refractivity contribution in [2.24, 2.45) is 0 Å². The lowest BCUT2D eigenvalue weighted by atomic mass is 10.2. The first-order valence-electron chi connectivity index (χ1n) is 8.93. The van der Waals surface area contributed by atoms with Crippen LogP contribution in [0.4, 0.5) is 23.1 Å². The Morgan fingerprint density at radius 3 is 2.34 bits per heavy atom. The summed E-state index contributed by atoms with van der Waals surface area (Å²) in [6.45, 7) is 1.53. The number of rotatable bonds is 9. The average Bonchev–Trinajstić information content (AvgIpc) is 2.76. The van der Waals surface area contributed by atoms with Crippen molar-refractivity contribution in [3.8, 4) is 6.07 Å². The number of nitriles is 1. The number of pyridine rings is 2. The largest absolute Gasteiger partial charge is 0.368 e. The predicted octanol–water partition coefficient (Wildman–Crippen LogP) is 3.39. The molecule has 0 bridgehead atoms. The van der Waals surface area contributed by atoms with Crippen LogP contribution in [0.2, 0.25) is 0 Å². The van der Waals surface area contributed by atoms with Crippen LogP contribution in [-0.2, 0) is 6.54 Å². The number of anilines is 3. The lowest BCUT2D eigenvalue weighted by Gasteiger charge is -2.11. The van der Waals surface area contributed by atoms with E-state index in [0.717, 1.165) is 5.56 Å². The molecule has 2 heterocycles. The van der Waals surface area contributed by atoms with E-state index in [0.29, 0.717) is 36.8 Å². The molecule has 0 spiro atoms. The molecule has 0 radical (unpaired) electrons. The van der Waals surface area contributed by atoms with Crippen LogP contribution in [0.15, 0.2) is 60.8 Å². The number of benzene rings is 1. The summed E-state index contributed by atoms with van der Waals surface area (Å²) in [6.07, 6.45) is 1.50. The van der Waals surface area contributed by atoms with Crippen molar-refractivity contribution in [1.82, 2.24) is 9.97 Å². The monoisotopic (exact) mass is 389 g/mol. The summed E-state index contributed by atoms with van der Waals surface area (Å²) in [5, 5.41) is 29.3. The number of nitro groups is 1. The van der Waals surface area contributed by atoms with Gasteiger partial charge in [0.25, 0.3) is 0 Å². The third-order valence-corrected chi connectivity index (χ3v) is 4.00. The van der Waals surface area contributed by atoms with Crippen molar-refractivity contribution in [2.45, 2.75) is 6.54 Å². The highest BCUT2D eigenvalue weighted by Gasteiger charge is 2.15. The second-order valence-electron chi connectivity index (χ2n) is 6.06. The van der Waals surface area contributed by atoms with Crippen LogP contribution in [0.1, 0.15) is 11.1 Å². The summed E-state index contributed by atoms with van der Waals surface area (Å²) in [4.78, 5) is 19.3. The minimum Gasteiger partial charge on any atom is -0.368 e. The highest BCUT2D eigenvalue weighted by atomic mass is 16.6. The lowest BCUT2D eigenvalue weighted by molar-refractivity contribution is -0.384. The van der Waals surface area contributed by atoms with E-state index in [2.05, 4.69) is 25.9 Å². The minimum atomic E-state index is -0.456. The standard InChI is InChI=1S/C20H19N7O2/c21-12-16-6-8-18(24-14-16)22-10-11-23-19-9-7-17(27(28)29)20(26-19)25-13-15-4-2-1-3-5-15/h1-9,14H,10-11,13H2,(H,22,24)(H2,23,25,26). The van der Waals surface area contributed by atoms with Crippen LogP contribution >= 0.6 is 0 Å². The van der Waals surface area contributed by atoms with E-state index in [-0.39, 0.29) is 11.5 Å². The second-order valence-corrected chi connectivity index (χ2v) is 6.06. The first-order valence-corrected chi connectivity index (χ1v) is 8.93. The lowest BCUT2D eigenvalue weighted by Crippen LogP contribution is -2.15. The molecule has 0 saturated heterocycles. The van der Waals surface area contributed by atoms with Gasteiger partial charge < -0.3 is 16.0 Å². The molecule has 0 aliphatic heterocycles. The van der Waals surface area contributed by atoms with Gasteiger partial charge in [-0.2, -0.15) is 5.26 Å². The van der Waals surface area contributed by atoms with Crippen molar-refractivity contribution in [1.29, 1.82) is 5.26 Å². The van der Waals surface area contributed by atoms with Crippen LogP contribution < -0.4 is 16.0 Å². The molecule has 0 aliphatic carbocycles. The van der Waals surface area contributed by atoms with Gasteiger partial charge >= 0.3 is 5.69 Å². The Hall–Kier alpha value is -4.19. The summed E-state index contributed by atoms with van der Waals surface area (Å²) in [7, 11) is 0. The summed E-state index contributed by atoms with van der Waals surface area (Å²) in [6, 6.07) is 18.0. The maximum absolute atomic E-state index is 11.3. The maximum Gasteiger partial charge on any atom is 0.311 e. The van der Waals surface area contributed by atoms with E-state index in [9.17, 15) is 10.1 Å². The molecule has 0 atom stereocenters. The van der Waals surface area contributed by atoms with Gasteiger partial charge in [0.2, 0.25) is 5.82 Å². The molecular formula is C20H19N7O2. The molecule has 3 N–H and O–H groups in total. The smallest absolute Gasteiger partial charge is 0.311 e. The normalized spacial score (nSPS) is 10.0. The molecule has 0 unspecified atom stereocenters. The molecule has 29 heavy (non-hydrogen) atoms. The molecule has 0 amide bonds. The molecule has 2 aromatic heterocycles. The predicted molar refractivity (Wildman–Crippen MR) is 111 cm³/mol. The topological polar surface area (TPSA) is 129 Å². The fourth-order valence-corrected chi connectivity index (χ4v) is 2.56. The molecule has 9 heteroatoms. The average molecular weight is 389 g/mol. The molecule has 0 fully saturated rings. The van der Waals surface area contributed by atoms with E-state index >= 15 is 0 Å². The second kappa shape index (κ2) is 9.66. The van der Waals surface area contributed by atoms with Gasteiger partial charge in [-0.05, 0) is 23.8 Å². The van der Waals surface area contributed by atoms with Gasteiger partial charge in [-0.15, -0.1) is 0 Å². The summed E-state index contributed by atoms with van der Waals surface area (Å²) in [5.41, 5.74) is 1.42. The maximum atomic E-state index is 11.3. The Morgan fingerprint density at radius 2 is 1.69 bits per heavy atom. The summed E-state index contributed by atoms with van der Waals surface area (Å²) in [5.74, 6) is 1.40. The molecule has 9 nitrogen and oxygen atoms in total. The summed E-state index contributed by atoms with van der Waals surface area (Å²) >= 11 is 0. The van der Waals surface area contributed by atoms with Gasteiger partial charge in [0, 0.05) is 31.9 Å². The molecule has 3 aromatic rings. The van der Waals surface area contributed by atoms with Crippen LogP contribution in [0.5, 0.6) is 0 Å². The first-order chi connectivity index (χ1) is 14.2. The van der Waals surface area contributed by atoms with Gasteiger partial charge in [0.05, 0.1) is 10.5 Å². The quantitative estimate of drug-likeness (QED) is 0.288. The number of hydrogen-bond donors (Lipinski definition) is 3. The van der Waals surface area contributed by atoms with E-state index in [1.807, 2.05) is 36.4 Å². The Balaban J connectivity index is 1.57. The highest BCUT2D eigenvalue weighted by molar-refractivity contribution is 5.60. The Labute approximate surface area is 167 Å². The zero-order valence-electron chi connectivity index (χ0n) is 15.5. The molecule has 0 saturated carbocycles. The highest BCUT2D eigenvalue weighted by Crippen LogP contribution is 2.24. The minimum absolute atomic E-state index is 0.0774. The van der Waals surface area contributed by atoms with Gasteiger partial charge in [0.1, 0.15) is 17.7 Å². The molecule has 0 aliphatic rings. The Kier molecular flexibility index (Phi) is 6.52. The molecular weight excluding hydrogens is 370 g/mol. The van der Waals surface area contributed by atoms with Crippen LogP contribution in [0.3, 0.4) is 0 Å². The zero-order chi connectivity index (χ0) is 20.5. The fourth-order valence-electron chi connectivity index (χ4n) is 2.56. The fraction of sp³-hybridized carbons (Fsp3) is 0.150. The third kappa shape index (κ3) is 5.64. The van der Waals surface area contributed by atoms with E-state index < -0.39 is 4.92 Å². The van der Waals surface area contributed by atoms with Crippen molar-refractivity contribution in [2.75, 3.05) is 29.0 Å². The molecule has 146 valence electrons. The van der Waals surface area contributed by atoms with Crippen molar-refractivity contribution in [3.63, 3.8) is 0 Å². The SMILES string of the molecule is N#Cc1ccc(NCCNc2ccc([N+](=O)[O-])c(NCc3ccccc3)n2)nc1. The first kappa shape index (κ1) is 19.6. The number of nitrogens with zero attached hydrogens (tertiary/aromatic N) is 4. The van der Waals surface area contributed by atoms with Crippen LogP contribution in [0, 0.1) is 21.4 Å². The van der Waals surface area contributed by atoms with Crippen LogP contribution in [0.25, 0.3) is 0 Å². The van der Waals surface area contributed by atoms with Crippen molar-refractivity contribution >= 4 is 23.1 Å². The van der Waals surface area contributed by atoms with Gasteiger partial charge in [-0.1, -0.05) is 30.3 Å². The number of hydrogen-bond acceptors (Lipinski definition) is 8. The van der Waals surface area contributed by atoms with Crippen molar-refractivity contribution < 1.29 is 4.92 Å². The Bertz CT molecular complexity index is 1000. The molecule has 1 aromatic carbocycles.